The summed E-state index contributed by atoms with van der Waals surface area (Å²) >= 11 is 0. The van der Waals surface area contributed by atoms with Crippen LogP contribution in [0.2, 0.25) is 0 Å². The number of aromatic nitrogens is 2. The number of methoxy groups -OCH3 is 1. The van der Waals surface area contributed by atoms with E-state index < -0.39 is 5.97 Å². The standard InChI is InChI=1S/C24H22N4O3/c1-28(2)19-11-8-15(9-12-19)22-26-20-13-10-18(14-21(20)27-22)25-23(29)16-4-6-17(7-5-16)24(30)31-3/h4-14H,1-3H3,(H,25,29)(H,26,27). The second-order valence-electron chi connectivity index (χ2n) is 7.28. The van der Waals surface area contributed by atoms with Gasteiger partial charge in [0.2, 0.25) is 0 Å². The smallest absolute Gasteiger partial charge is 0.337 e. The summed E-state index contributed by atoms with van der Waals surface area (Å²) in [6.07, 6.45) is 0. The van der Waals surface area contributed by atoms with E-state index in [1.165, 1.54) is 7.11 Å². The number of nitrogens with one attached hydrogen (secondary N) is 2. The van der Waals surface area contributed by atoms with Gasteiger partial charge in [-0.05, 0) is 66.7 Å². The number of benzene rings is 3. The van der Waals surface area contributed by atoms with Crippen molar-refractivity contribution in [2.24, 2.45) is 0 Å². The van der Waals surface area contributed by atoms with Gasteiger partial charge in [-0.15, -0.1) is 0 Å². The number of carbonyl (C=O) groups is 2. The maximum absolute atomic E-state index is 12.6. The summed E-state index contributed by atoms with van der Waals surface area (Å²) in [6.45, 7) is 0. The van der Waals surface area contributed by atoms with Gasteiger partial charge in [-0.2, -0.15) is 0 Å². The third-order valence-corrected chi connectivity index (χ3v) is 4.97. The number of hydrogen-bond donors (Lipinski definition) is 2. The zero-order chi connectivity index (χ0) is 22.0. The minimum Gasteiger partial charge on any atom is -0.465 e. The molecule has 0 radical (unpaired) electrons. The van der Waals surface area contributed by atoms with Gasteiger partial charge in [0.25, 0.3) is 5.91 Å². The third-order valence-electron chi connectivity index (χ3n) is 4.97. The van der Waals surface area contributed by atoms with E-state index in [0.29, 0.717) is 16.8 Å². The fraction of sp³-hybridized carbons (Fsp3) is 0.125. The normalized spacial score (nSPS) is 10.7. The molecule has 0 saturated heterocycles. The highest BCUT2D eigenvalue weighted by molar-refractivity contribution is 6.05. The number of nitrogens with zero attached hydrogens (tertiary/aromatic N) is 2. The first-order valence-electron chi connectivity index (χ1n) is 9.72. The molecule has 0 fully saturated rings. The van der Waals surface area contributed by atoms with Gasteiger partial charge < -0.3 is 19.9 Å². The van der Waals surface area contributed by atoms with E-state index in [1.54, 1.807) is 24.3 Å². The molecular weight excluding hydrogens is 392 g/mol. The van der Waals surface area contributed by atoms with Gasteiger partial charge in [-0.1, -0.05) is 0 Å². The fourth-order valence-electron chi connectivity index (χ4n) is 3.22. The Hall–Kier alpha value is -4.13. The van der Waals surface area contributed by atoms with Crippen molar-refractivity contribution in [3.8, 4) is 11.4 Å². The molecule has 0 unspecified atom stereocenters. The average Bonchev–Trinajstić information content (AvgIpc) is 3.22. The molecule has 156 valence electrons. The predicted octanol–water partition coefficient (Wildman–Crippen LogP) is 4.33. The maximum Gasteiger partial charge on any atom is 0.337 e. The number of H-pyrrole nitrogens is 1. The van der Waals surface area contributed by atoms with Crippen molar-refractivity contribution in [3.63, 3.8) is 0 Å². The van der Waals surface area contributed by atoms with E-state index in [4.69, 9.17) is 0 Å². The molecule has 7 heteroatoms. The number of rotatable bonds is 5. The SMILES string of the molecule is COC(=O)c1ccc(C(=O)Nc2ccc3nc(-c4ccc(N(C)C)cc4)[nH]c3c2)cc1. The number of ether oxygens (including phenoxy) is 1. The lowest BCUT2D eigenvalue weighted by Crippen LogP contribution is -2.12. The summed E-state index contributed by atoms with van der Waals surface area (Å²) < 4.78 is 4.67. The Kier molecular flexibility index (Phi) is 5.41. The molecule has 31 heavy (non-hydrogen) atoms. The van der Waals surface area contributed by atoms with Gasteiger partial charge in [-0.3, -0.25) is 4.79 Å². The van der Waals surface area contributed by atoms with Crippen molar-refractivity contribution in [2.75, 3.05) is 31.4 Å². The summed E-state index contributed by atoms with van der Waals surface area (Å²) in [7, 11) is 5.32. The largest absolute Gasteiger partial charge is 0.465 e. The van der Waals surface area contributed by atoms with Crippen molar-refractivity contribution in [1.29, 1.82) is 0 Å². The van der Waals surface area contributed by atoms with Crippen LogP contribution >= 0.6 is 0 Å². The lowest BCUT2D eigenvalue weighted by molar-refractivity contribution is 0.0600. The van der Waals surface area contributed by atoms with Gasteiger partial charge in [-0.25, -0.2) is 9.78 Å². The Morgan fingerprint density at radius 1 is 0.935 bits per heavy atom. The highest BCUT2D eigenvalue weighted by atomic mass is 16.5. The van der Waals surface area contributed by atoms with Crippen LogP contribution in [0, 0.1) is 0 Å². The topological polar surface area (TPSA) is 87.3 Å². The molecule has 0 atom stereocenters. The lowest BCUT2D eigenvalue weighted by Gasteiger charge is -2.11. The van der Waals surface area contributed by atoms with E-state index >= 15 is 0 Å². The number of aromatic amines is 1. The zero-order valence-electron chi connectivity index (χ0n) is 17.5. The Balaban J connectivity index is 1.52. The van der Waals surface area contributed by atoms with Crippen LogP contribution in [0.4, 0.5) is 11.4 Å². The molecule has 0 bridgehead atoms. The lowest BCUT2D eigenvalue weighted by atomic mass is 10.1. The zero-order valence-corrected chi connectivity index (χ0v) is 17.5. The first kappa shape index (κ1) is 20.2. The summed E-state index contributed by atoms with van der Waals surface area (Å²) in [4.78, 5) is 34.1. The maximum atomic E-state index is 12.6. The molecular formula is C24H22N4O3. The Morgan fingerprint density at radius 2 is 1.61 bits per heavy atom. The van der Waals surface area contributed by atoms with Gasteiger partial charge in [0.1, 0.15) is 5.82 Å². The molecule has 1 amide bonds. The first-order chi connectivity index (χ1) is 14.9. The number of amides is 1. The summed E-state index contributed by atoms with van der Waals surface area (Å²) in [6, 6.07) is 19.9. The molecule has 2 N–H and O–H groups in total. The number of carbonyl (C=O) groups excluding carboxylic acids is 2. The van der Waals surface area contributed by atoms with E-state index in [-0.39, 0.29) is 5.91 Å². The molecule has 4 aromatic rings. The summed E-state index contributed by atoms with van der Waals surface area (Å²) in [5.74, 6) is 0.0563. The second-order valence-corrected chi connectivity index (χ2v) is 7.28. The molecule has 0 aliphatic rings. The Bertz CT molecular complexity index is 1240. The van der Waals surface area contributed by atoms with Crippen LogP contribution in [-0.4, -0.2) is 43.0 Å². The van der Waals surface area contributed by atoms with Gasteiger partial charge in [0, 0.05) is 36.6 Å². The molecule has 0 aliphatic heterocycles. The molecule has 1 aromatic heterocycles. The monoisotopic (exact) mass is 414 g/mol. The van der Waals surface area contributed by atoms with Crippen LogP contribution in [-0.2, 0) is 4.74 Å². The first-order valence-corrected chi connectivity index (χ1v) is 9.72. The minimum atomic E-state index is -0.441. The van der Waals surface area contributed by atoms with E-state index in [2.05, 4.69) is 20.0 Å². The molecule has 0 saturated carbocycles. The Labute approximate surface area is 179 Å². The minimum absolute atomic E-state index is 0.269. The number of imidazole rings is 1. The summed E-state index contributed by atoms with van der Waals surface area (Å²) in [5, 5.41) is 2.87. The van der Waals surface area contributed by atoms with Crippen LogP contribution in [0.3, 0.4) is 0 Å². The highest BCUT2D eigenvalue weighted by Gasteiger charge is 2.11. The predicted molar refractivity (Wildman–Crippen MR) is 122 cm³/mol. The molecule has 1 heterocycles. The fourth-order valence-corrected chi connectivity index (χ4v) is 3.22. The third kappa shape index (κ3) is 4.25. The van der Waals surface area contributed by atoms with Crippen molar-refractivity contribution in [1.82, 2.24) is 9.97 Å². The van der Waals surface area contributed by atoms with Crippen molar-refractivity contribution in [3.05, 3.63) is 77.9 Å². The Morgan fingerprint density at radius 3 is 2.26 bits per heavy atom. The van der Waals surface area contributed by atoms with E-state index in [1.807, 2.05) is 61.5 Å². The van der Waals surface area contributed by atoms with Crippen molar-refractivity contribution in [2.45, 2.75) is 0 Å². The van der Waals surface area contributed by atoms with Crippen molar-refractivity contribution >= 4 is 34.3 Å². The van der Waals surface area contributed by atoms with Gasteiger partial charge >= 0.3 is 5.97 Å². The molecule has 0 spiro atoms. The number of fused-ring (bicyclic) bond motifs is 1. The van der Waals surface area contributed by atoms with Crippen LogP contribution in [0.15, 0.2) is 66.7 Å². The van der Waals surface area contributed by atoms with Crippen LogP contribution in [0.1, 0.15) is 20.7 Å². The summed E-state index contributed by atoms with van der Waals surface area (Å²) in [5.41, 5.74) is 5.22. The number of anilines is 2. The van der Waals surface area contributed by atoms with Crippen molar-refractivity contribution < 1.29 is 14.3 Å². The number of hydrogen-bond acceptors (Lipinski definition) is 5. The van der Waals surface area contributed by atoms with Crippen LogP contribution < -0.4 is 10.2 Å². The molecule has 0 aliphatic carbocycles. The van der Waals surface area contributed by atoms with Crippen LogP contribution in [0.25, 0.3) is 22.4 Å². The number of esters is 1. The average molecular weight is 414 g/mol. The quantitative estimate of drug-likeness (QED) is 0.475. The van der Waals surface area contributed by atoms with E-state index in [9.17, 15) is 9.59 Å². The molecule has 7 nitrogen and oxygen atoms in total. The van der Waals surface area contributed by atoms with Gasteiger partial charge in [0.05, 0.1) is 23.7 Å². The van der Waals surface area contributed by atoms with Gasteiger partial charge in [0.15, 0.2) is 0 Å². The van der Waals surface area contributed by atoms with E-state index in [0.717, 1.165) is 28.1 Å². The molecule has 3 aromatic carbocycles. The van der Waals surface area contributed by atoms with Crippen LogP contribution in [0.5, 0.6) is 0 Å². The second kappa shape index (κ2) is 8.31. The molecule has 4 rings (SSSR count). The highest BCUT2D eigenvalue weighted by Crippen LogP contribution is 2.25.